The zero-order valence-electron chi connectivity index (χ0n) is 15.4. The largest absolute Gasteiger partial charge is 0.393 e. The summed E-state index contributed by atoms with van der Waals surface area (Å²) in [5.41, 5.74) is 0.677. The van der Waals surface area contributed by atoms with Gasteiger partial charge in [0.2, 0.25) is 0 Å². The van der Waals surface area contributed by atoms with Crippen molar-refractivity contribution in [2.75, 3.05) is 13.2 Å². The second-order valence-corrected chi connectivity index (χ2v) is 10.1. The lowest BCUT2D eigenvalue weighted by Gasteiger charge is -2.61. The van der Waals surface area contributed by atoms with Gasteiger partial charge in [0.15, 0.2) is 5.79 Å². The van der Waals surface area contributed by atoms with Gasteiger partial charge in [-0.15, -0.1) is 0 Å². The molecular weight excluding hydrogens is 300 g/mol. The number of aliphatic hydroxyl groups is 1. The highest BCUT2D eigenvalue weighted by molar-refractivity contribution is 5.10. The molecule has 5 aliphatic rings. The molecule has 136 valence electrons. The maximum Gasteiger partial charge on any atom is 0.168 e. The van der Waals surface area contributed by atoms with E-state index in [0.717, 1.165) is 56.1 Å². The van der Waals surface area contributed by atoms with Crippen molar-refractivity contribution in [2.24, 2.45) is 34.5 Å². The Balaban J connectivity index is 1.41. The first kappa shape index (κ1) is 16.1. The summed E-state index contributed by atoms with van der Waals surface area (Å²) >= 11 is 0. The molecule has 3 heteroatoms. The van der Waals surface area contributed by atoms with E-state index in [1.807, 2.05) is 0 Å². The molecule has 0 aromatic rings. The molecule has 1 N–H and O–H groups in total. The van der Waals surface area contributed by atoms with Crippen LogP contribution in [0.25, 0.3) is 0 Å². The molecular formula is C21H34O3. The van der Waals surface area contributed by atoms with Crippen LogP contribution in [0.3, 0.4) is 0 Å². The summed E-state index contributed by atoms with van der Waals surface area (Å²) in [5.74, 6) is 3.00. The molecule has 0 aromatic heterocycles. The minimum Gasteiger partial charge on any atom is -0.393 e. The Morgan fingerprint density at radius 1 is 0.792 bits per heavy atom. The molecule has 1 aliphatic heterocycles. The number of aliphatic hydroxyl groups excluding tert-OH is 1. The van der Waals surface area contributed by atoms with Crippen LogP contribution in [0.15, 0.2) is 0 Å². The van der Waals surface area contributed by atoms with Crippen LogP contribution in [-0.4, -0.2) is 30.2 Å². The molecule has 0 unspecified atom stereocenters. The Kier molecular flexibility index (Phi) is 3.49. The predicted molar refractivity (Wildman–Crippen MR) is 92.4 cm³/mol. The van der Waals surface area contributed by atoms with E-state index in [1.54, 1.807) is 0 Å². The highest BCUT2D eigenvalue weighted by Crippen LogP contribution is 2.67. The fourth-order valence-corrected chi connectivity index (χ4v) is 7.93. The van der Waals surface area contributed by atoms with Gasteiger partial charge in [-0.3, -0.25) is 0 Å². The van der Waals surface area contributed by atoms with Gasteiger partial charge in [0.25, 0.3) is 0 Å². The van der Waals surface area contributed by atoms with E-state index in [0.29, 0.717) is 5.41 Å². The van der Waals surface area contributed by atoms with Crippen LogP contribution < -0.4 is 0 Å². The molecule has 3 nitrogen and oxygen atoms in total. The maximum absolute atomic E-state index is 10.6. The molecule has 5 fully saturated rings. The summed E-state index contributed by atoms with van der Waals surface area (Å²) in [4.78, 5) is 0. The van der Waals surface area contributed by atoms with Gasteiger partial charge >= 0.3 is 0 Å². The van der Waals surface area contributed by atoms with Gasteiger partial charge in [0.1, 0.15) is 0 Å². The van der Waals surface area contributed by atoms with E-state index in [-0.39, 0.29) is 17.3 Å². The molecule has 5 rings (SSSR count). The zero-order valence-corrected chi connectivity index (χ0v) is 15.4. The van der Waals surface area contributed by atoms with Crippen LogP contribution in [0.4, 0.5) is 0 Å². The molecule has 0 aromatic carbocycles. The summed E-state index contributed by atoms with van der Waals surface area (Å²) in [6.45, 7) is 6.54. The van der Waals surface area contributed by atoms with E-state index in [1.165, 1.54) is 38.5 Å². The number of ether oxygens (including phenoxy) is 2. The fourth-order valence-electron chi connectivity index (χ4n) is 7.93. The zero-order chi connectivity index (χ0) is 16.6. The van der Waals surface area contributed by atoms with Crippen molar-refractivity contribution in [2.45, 2.75) is 83.5 Å². The molecule has 1 saturated heterocycles. The maximum atomic E-state index is 10.6. The topological polar surface area (TPSA) is 38.7 Å². The number of hydrogen-bond donors (Lipinski definition) is 1. The van der Waals surface area contributed by atoms with Gasteiger partial charge in [-0.05, 0) is 79.4 Å². The molecule has 24 heavy (non-hydrogen) atoms. The van der Waals surface area contributed by atoms with Gasteiger partial charge < -0.3 is 14.6 Å². The van der Waals surface area contributed by atoms with Crippen LogP contribution in [-0.2, 0) is 9.47 Å². The number of hydrogen-bond acceptors (Lipinski definition) is 3. The van der Waals surface area contributed by atoms with Gasteiger partial charge in [0.05, 0.1) is 19.3 Å². The summed E-state index contributed by atoms with van der Waals surface area (Å²) in [7, 11) is 0. The number of fused-ring (bicyclic) bond motifs is 5. The first-order valence-corrected chi connectivity index (χ1v) is 10.4. The highest BCUT2D eigenvalue weighted by atomic mass is 16.7. The van der Waals surface area contributed by atoms with Gasteiger partial charge in [0, 0.05) is 12.8 Å². The monoisotopic (exact) mass is 334 g/mol. The Hall–Kier alpha value is -0.120. The van der Waals surface area contributed by atoms with E-state index in [2.05, 4.69) is 13.8 Å². The first-order chi connectivity index (χ1) is 11.5. The summed E-state index contributed by atoms with van der Waals surface area (Å²) < 4.78 is 12.1. The average Bonchev–Trinajstić information content (AvgIpc) is 3.14. The minimum atomic E-state index is -0.232. The lowest BCUT2D eigenvalue weighted by atomic mass is 9.45. The van der Waals surface area contributed by atoms with Crippen LogP contribution >= 0.6 is 0 Å². The molecule has 4 aliphatic carbocycles. The van der Waals surface area contributed by atoms with Crippen LogP contribution in [0.1, 0.15) is 71.6 Å². The van der Waals surface area contributed by atoms with Gasteiger partial charge in [-0.1, -0.05) is 13.8 Å². The number of rotatable bonds is 0. The third kappa shape index (κ3) is 2.01. The second kappa shape index (κ2) is 5.20. The van der Waals surface area contributed by atoms with E-state index in [4.69, 9.17) is 9.47 Å². The molecule has 1 spiro atoms. The van der Waals surface area contributed by atoms with Crippen molar-refractivity contribution in [1.29, 1.82) is 0 Å². The lowest BCUT2D eigenvalue weighted by molar-refractivity contribution is -0.230. The highest BCUT2D eigenvalue weighted by Gasteiger charge is 2.61. The first-order valence-electron chi connectivity index (χ1n) is 10.4. The van der Waals surface area contributed by atoms with Crippen LogP contribution in [0.2, 0.25) is 0 Å². The van der Waals surface area contributed by atoms with Gasteiger partial charge in [-0.25, -0.2) is 0 Å². The summed E-state index contributed by atoms with van der Waals surface area (Å²) in [6, 6.07) is 0. The molecule has 0 amide bonds. The van der Waals surface area contributed by atoms with Crippen LogP contribution in [0.5, 0.6) is 0 Å². The summed E-state index contributed by atoms with van der Waals surface area (Å²) in [5, 5.41) is 10.6. The SMILES string of the molecule is C[C@]12CCC3(C[C@@H]1CC[C@H]1[C@H]4CC[C@@H](O)[C@@]4(C)CC[C@@H]12)OCCO3. The van der Waals surface area contributed by atoms with Crippen LogP contribution in [0, 0.1) is 34.5 Å². The molecule has 7 atom stereocenters. The Morgan fingerprint density at radius 3 is 2.33 bits per heavy atom. The van der Waals surface area contributed by atoms with Crippen molar-refractivity contribution in [3.63, 3.8) is 0 Å². The third-order valence-electron chi connectivity index (χ3n) is 9.43. The van der Waals surface area contributed by atoms with Crippen molar-refractivity contribution in [1.82, 2.24) is 0 Å². The molecule has 0 bridgehead atoms. The standard InChI is InChI=1S/C21H34O3/c1-19-9-10-21(23-11-12-24-21)13-14(19)3-4-15-16-5-6-18(22)20(16,2)8-7-17(15)19/h14-18,22H,3-13H2,1-2H3/t14-,15-,16+,17-,18+,19-,20-/m0/s1. The van der Waals surface area contributed by atoms with E-state index >= 15 is 0 Å². The Labute approximate surface area is 146 Å². The molecule has 1 heterocycles. The predicted octanol–water partition coefficient (Wildman–Crippen LogP) is 4.13. The van der Waals surface area contributed by atoms with Crippen molar-refractivity contribution in [3.05, 3.63) is 0 Å². The minimum absolute atomic E-state index is 0.0520. The van der Waals surface area contributed by atoms with Crippen molar-refractivity contribution < 1.29 is 14.6 Å². The van der Waals surface area contributed by atoms with Gasteiger partial charge in [-0.2, -0.15) is 0 Å². The van der Waals surface area contributed by atoms with Crippen molar-refractivity contribution in [3.8, 4) is 0 Å². The van der Waals surface area contributed by atoms with E-state index in [9.17, 15) is 5.11 Å². The second-order valence-electron chi connectivity index (χ2n) is 10.1. The average molecular weight is 335 g/mol. The fraction of sp³-hybridized carbons (Fsp3) is 1.00. The molecule has 0 radical (unpaired) electrons. The summed E-state index contributed by atoms with van der Waals surface area (Å²) in [6.07, 6.45) is 11.0. The lowest BCUT2D eigenvalue weighted by Crippen LogP contribution is -2.56. The Bertz CT molecular complexity index is 513. The van der Waals surface area contributed by atoms with E-state index < -0.39 is 0 Å². The Morgan fingerprint density at radius 2 is 1.54 bits per heavy atom. The third-order valence-corrected chi connectivity index (χ3v) is 9.43. The molecule has 4 saturated carbocycles. The van der Waals surface area contributed by atoms with Crippen molar-refractivity contribution >= 4 is 0 Å². The smallest absolute Gasteiger partial charge is 0.168 e. The normalized spacial score (nSPS) is 55.9. The quantitative estimate of drug-likeness (QED) is 0.724.